The standard InChI is InChI=1S/C7H11N3OS/c1-5(2)3-9-10-6(11)4-12-7(10)8/h3,5,8H,4H2,1-2H3/b8-7?,9-3+/i/hD. The van der Waals surface area contributed by atoms with Gasteiger partial charge in [0.15, 0.2) is 6.58 Å². The minimum atomic E-state index is -0.118. The molecule has 0 atom stereocenters. The molecule has 0 bridgehead atoms. The fourth-order valence-electron chi connectivity index (χ4n) is 0.669. The third-order valence-electron chi connectivity index (χ3n) is 1.22. The maximum atomic E-state index is 11.2. The molecule has 12 heavy (non-hydrogen) atoms. The van der Waals surface area contributed by atoms with E-state index in [1.54, 1.807) is 6.21 Å². The Bertz CT molecular complexity index is 264. The third kappa shape index (κ3) is 2.07. The molecule has 0 aromatic rings. The van der Waals surface area contributed by atoms with Crippen LogP contribution in [0.2, 0.25) is 1.41 Å². The molecular weight excluding hydrogens is 174 g/mol. The zero-order valence-corrected chi connectivity index (χ0v) is 7.84. The first-order chi connectivity index (χ1) is 6.15. The third-order valence-corrected chi connectivity index (χ3v) is 2.04. The van der Waals surface area contributed by atoms with Crippen molar-refractivity contribution in [1.82, 2.24) is 5.01 Å². The van der Waals surface area contributed by atoms with Gasteiger partial charge in [0.25, 0.3) is 5.91 Å². The quantitative estimate of drug-likeness (QED) is 0.657. The van der Waals surface area contributed by atoms with E-state index in [2.05, 4.69) is 10.5 Å². The first-order valence-corrected chi connectivity index (χ1v) is 4.65. The van der Waals surface area contributed by atoms with E-state index in [1.165, 1.54) is 16.8 Å². The monoisotopic (exact) mass is 186 g/mol. The van der Waals surface area contributed by atoms with Crippen LogP contribution in [0.25, 0.3) is 0 Å². The molecule has 1 amide bonds. The molecule has 1 fully saturated rings. The van der Waals surface area contributed by atoms with Gasteiger partial charge in [-0.2, -0.15) is 10.1 Å². The largest absolute Gasteiger partial charge is 0.277 e. The van der Waals surface area contributed by atoms with Gasteiger partial charge in [0, 0.05) is 6.21 Å². The minimum Gasteiger partial charge on any atom is -0.277 e. The number of carbonyl (C=O) groups is 1. The number of hydrogen-bond donors (Lipinski definition) is 1. The van der Waals surface area contributed by atoms with Crippen LogP contribution in [0, 0.1) is 11.3 Å². The summed E-state index contributed by atoms with van der Waals surface area (Å²) < 4.78 is 6.81. The number of hydrazone groups is 1. The summed E-state index contributed by atoms with van der Waals surface area (Å²) in [5.74, 6) is 0.492. The van der Waals surface area contributed by atoms with Gasteiger partial charge < -0.3 is 0 Å². The van der Waals surface area contributed by atoms with Gasteiger partial charge in [-0.25, -0.2) is 0 Å². The molecule has 0 spiro atoms. The first-order valence-electron chi connectivity index (χ1n) is 4.11. The van der Waals surface area contributed by atoms with Crippen molar-refractivity contribution < 1.29 is 6.21 Å². The Labute approximate surface area is 77.0 Å². The average molecular weight is 186 g/mol. The number of carbonyl (C=O) groups excluding carboxylic acids is 1. The van der Waals surface area contributed by atoms with Crippen molar-refractivity contribution in [2.24, 2.45) is 11.0 Å². The first kappa shape index (κ1) is 7.79. The van der Waals surface area contributed by atoms with Gasteiger partial charge in [-0.05, 0) is 5.92 Å². The molecule has 0 radical (unpaired) electrons. The molecule has 1 aliphatic heterocycles. The van der Waals surface area contributed by atoms with E-state index >= 15 is 0 Å². The summed E-state index contributed by atoms with van der Waals surface area (Å²) >= 11 is 1.24. The highest BCUT2D eigenvalue weighted by Gasteiger charge is 2.26. The molecule has 0 saturated carbocycles. The summed E-state index contributed by atoms with van der Waals surface area (Å²) in [4.78, 5) is 11.2. The number of nitrogens with zero attached hydrogens (tertiary/aromatic N) is 2. The zero-order valence-electron chi connectivity index (χ0n) is 8.02. The number of thioether (sulfide) groups is 1. The lowest BCUT2D eigenvalue weighted by atomic mass is 10.3. The minimum absolute atomic E-state index is 0.118. The Morgan fingerprint density at radius 2 is 2.67 bits per heavy atom. The van der Waals surface area contributed by atoms with Crippen molar-refractivity contribution in [2.75, 3.05) is 5.75 Å². The second kappa shape index (κ2) is 3.71. The normalized spacial score (nSPS) is 23.2. The summed E-state index contributed by atoms with van der Waals surface area (Å²) in [7, 11) is 0. The summed E-state index contributed by atoms with van der Waals surface area (Å²) in [6.45, 7) is 3.93. The molecule has 1 aliphatic rings. The summed E-state index contributed by atoms with van der Waals surface area (Å²) in [6.07, 6.45) is 1.66. The van der Waals surface area contributed by atoms with Crippen LogP contribution in [-0.2, 0) is 4.79 Å². The second-order valence-electron chi connectivity index (χ2n) is 2.79. The fourth-order valence-corrected chi connectivity index (χ4v) is 1.32. The van der Waals surface area contributed by atoms with Crippen LogP contribution in [0.5, 0.6) is 0 Å². The number of amidine groups is 1. The van der Waals surface area contributed by atoms with E-state index in [4.69, 9.17) is 1.41 Å². The molecule has 4 nitrogen and oxygen atoms in total. The molecule has 66 valence electrons. The molecule has 0 unspecified atom stereocenters. The topological polar surface area (TPSA) is 56.5 Å². The number of hydrogen-bond acceptors (Lipinski definition) is 4. The van der Waals surface area contributed by atoms with Gasteiger partial charge in [0.2, 0.25) is 0 Å². The van der Waals surface area contributed by atoms with Crippen molar-refractivity contribution in [3.05, 3.63) is 0 Å². The zero-order chi connectivity index (χ0) is 9.84. The van der Waals surface area contributed by atoms with E-state index in [0.29, 0.717) is 10.9 Å². The van der Waals surface area contributed by atoms with E-state index in [-0.39, 0.29) is 11.8 Å². The van der Waals surface area contributed by atoms with E-state index < -0.39 is 0 Å². The lowest BCUT2D eigenvalue weighted by molar-refractivity contribution is -0.124. The molecule has 0 aromatic carbocycles. The number of rotatable bonds is 2. The van der Waals surface area contributed by atoms with Crippen molar-refractivity contribution in [1.29, 1.82) is 5.40 Å². The molecule has 0 aliphatic carbocycles. The van der Waals surface area contributed by atoms with Crippen molar-refractivity contribution in [3.8, 4) is 0 Å². The molecule has 5 heteroatoms. The number of amides is 1. The van der Waals surface area contributed by atoms with Gasteiger partial charge in [-0.1, -0.05) is 25.6 Å². The van der Waals surface area contributed by atoms with E-state index in [0.717, 1.165) is 0 Å². The predicted molar refractivity (Wildman–Crippen MR) is 50.4 cm³/mol. The summed E-state index contributed by atoms with van der Waals surface area (Å²) in [5, 5.41) is 8.69. The van der Waals surface area contributed by atoms with Gasteiger partial charge in [0.1, 0.15) is 0 Å². The van der Waals surface area contributed by atoms with Crippen molar-refractivity contribution in [2.45, 2.75) is 13.8 Å². The van der Waals surface area contributed by atoms with E-state index in [1.807, 2.05) is 13.8 Å². The molecule has 1 heterocycles. The smallest absolute Gasteiger partial charge is 0.259 e. The Morgan fingerprint density at radius 1 is 1.92 bits per heavy atom. The SMILES string of the molecule is [2H]N=C1SCC(=O)N1/N=C/C(C)C. The Hall–Kier alpha value is -0.840. The molecule has 1 rings (SSSR count). The maximum Gasteiger partial charge on any atom is 0.259 e. The molecule has 0 aromatic heterocycles. The highest BCUT2D eigenvalue weighted by molar-refractivity contribution is 8.14. The Kier molecular flexibility index (Phi) is 2.41. The lowest BCUT2D eigenvalue weighted by Gasteiger charge is -2.06. The highest BCUT2D eigenvalue weighted by atomic mass is 32.2. The Morgan fingerprint density at radius 3 is 3.25 bits per heavy atom. The second-order valence-corrected chi connectivity index (χ2v) is 3.73. The maximum absolute atomic E-state index is 11.2. The van der Waals surface area contributed by atoms with Gasteiger partial charge in [-0.15, -0.1) is 0 Å². The van der Waals surface area contributed by atoms with Crippen LogP contribution >= 0.6 is 11.8 Å². The summed E-state index contributed by atoms with van der Waals surface area (Å²) in [5.41, 5.74) is 0. The number of nitrogens with one attached hydrogen (secondary N) is 1. The van der Waals surface area contributed by atoms with Gasteiger partial charge >= 0.3 is 0 Å². The average Bonchev–Trinajstić information content (AvgIpc) is 2.43. The Balaban J connectivity index is 2.71. The van der Waals surface area contributed by atoms with Crippen molar-refractivity contribution >= 4 is 29.1 Å². The molecule has 1 N–H and O–H groups in total. The van der Waals surface area contributed by atoms with Crippen LogP contribution in [0.15, 0.2) is 5.10 Å². The van der Waals surface area contributed by atoms with Crippen LogP contribution < -0.4 is 0 Å². The van der Waals surface area contributed by atoms with Gasteiger partial charge in [-0.3, -0.25) is 10.2 Å². The van der Waals surface area contributed by atoms with Crippen LogP contribution in [0.3, 0.4) is 0 Å². The highest BCUT2D eigenvalue weighted by Crippen LogP contribution is 2.17. The van der Waals surface area contributed by atoms with Gasteiger partial charge in [0.05, 0.1) is 5.75 Å². The summed E-state index contributed by atoms with van der Waals surface area (Å²) in [6, 6.07) is 0. The van der Waals surface area contributed by atoms with Crippen molar-refractivity contribution in [3.63, 3.8) is 0 Å². The van der Waals surface area contributed by atoms with Crippen LogP contribution in [0.4, 0.5) is 0 Å². The fraction of sp³-hybridized carbons (Fsp3) is 0.571. The van der Waals surface area contributed by atoms with Crippen LogP contribution in [0.1, 0.15) is 13.8 Å². The molecular formula is C7H11N3OS. The van der Waals surface area contributed by atoms with E-state index in [9.17, 15) is 4.79 Å². The van der Waals surface area contributed by atoms with Crippen LogP contribution in [-0.4, -0.2) is 28.1 Å². The molecule has 1 saturated heterocycles. The predicted octanol–water partition coefficient (Wildman–Crippen LogP) is 1.14. The lowest BCUT2D eigenvalue weighted by Crippen LogP contribution is -2.23.